The molecule has 8 heteroatoms. The first-order valence-electron chi connectivity index (χ1n) is 10.5. The number of nitrogens with zero attached hydrogens (tertiary/aromatic N) is 2. The van der Waals surface area contributed by atoms with Crippen LogP contribution in [0.1, 0.15) is 34.8 Å². The minimum Gasteiger partial charge on any atom is -0.355 e. The zero-order valence-electron chi connectivity index (χ0n) is 17.8. The van der Waals surface area contributed by atoms with Gasteiger partial charge in [-0.05, 0) is 43.6 Å². The Labute approximate surface area is 206 Å². The van der Waals surface area contributed by atoms with E-state index >= 15 is 0 Å². The van der Waals surface area contributed by atoms with E-state index in [0.717, 1.165) is 25.6 Å². The molecule has 1 aliphatic rings. The van der Waals surface area contributed by atoms with Gasteiger partial charge in [-0.2, -0.15) is 0 Å². The second-order valence-corrected chi connectivity index (χ2v) is 7.69. The highest BCUT2D eigenvalue weighted by atomic mass is 127. The van der Waals surface area contributed by atoms with Crippen LogP contribution in [-0.2, 0) is 0 Å². The lowest BCUT2D eigenvalue weighted by Gasteiger charge is -2.29. The molecule has 0 spiro atoms. The second-order valence-electron chi connectivity index (χ2n) is 7.29. The van der Waals surface area contributed by atoms with Crippen LogP contribution >= 0.6 is 35.6 Å². The average Bonchev–Trinajstić information content (AvgIpc) is 3.31. The van der Waals surface area contributed by atoms with E-state index in [1.807, 2.05) is 0 Å². The molecule has 0 bridgehead atoms. The normalized spacial score (nSPS) is 15.1. The molecule has 168 valence electrons. The van der Waals surface area contributed by atoms with Gasteiger partial charge in [0.25, 0.3) is 5.91 Å². The quantitative estimate of drug-likeness (QED) is 0.201. The van der Waals surface area contributed by atoms with E-state index in [1.165, 1.54) is 18.4 Å². The van der Waals surface area contributed by atoms with Crippen molar-refractivity contribution in [1.29, 1.82) is 0 Å². The zero-order chi connectivity index (χ0) is 21.2. The lowest BCUT2D eigenvalue weighted by molar-refractivity contribution is 0.0954. The molecule has 1 amide bonds. The van der Waals surface area contributed by atoms with Crippen molar-refractivity contribution in [3.63, 3.8) is 0 Å². The van der Waals surface area contributed by atoms with Gasteiger partial charge in [0.1, 0.15) is 0 Å². The molecular formula is C23H31ClIN5O. The predicted molar refractivity (Wildman–Crippen MR) is 139 cm³/mol. The Balaban J connectivity index is 0.00000341. The molecule has 0 aromatic heterocycles. The fourth-order valence-electron chi connectivity index (χ4n) is 3.70. The van der Waals surface area contributed by atoms with Crippen molar-refractivity contribution >= 4 is 47.4 Å². The van der Waals surface area contributed by atoms with Crippen LogP contribution in [0.15, 0.2) is 59.6 Å². The average molecular weight is 556 g/mol. The molecule has 0 aliphatic carbocycles. The first kappa shape index (κ1) is 25.4. The van der Waals surface area contributed by atoms with Gasteiger partial charge < -0.3 is 16.0 Å². The predicted octanol–water partition coefficient (Wildman–Crippen LogP) is 3.69. The molecule has 0 radical (unpaired) electrons. The van der Waals surface area contributed by atoms with Crippen LogP contribution in [-0.4, -0.2) is 56.5 Å². The minimum absolute atomic E-state index is 0. The summed E-state index contributed by atoms with van der Waals surface area (Å²) in [7, 11) is 1.75. The topological polar surface area (TPSA) is 68.8 Å². The highest BCUT2D eigenvalue weighted by Crippen LogP contribution is 2.24. The van der Waals surface area contributed by atoms with Crippen molar-refractivity contribution in [2.75, 3.05) is 39.8 Å². The molecule has 1 heterocycles. The second kappa shape index (κ2) is 13.5. The Morgan fingerprint density at radius 3 is 2.32 bits per heavy atom. The maximum atomic E-state index is 12.2. The number of halogens is 2. The molecule has 1 aliphatic heterocycles. The number of amides is 1. The monoisotopic (exact) mass is 555 g/mol. The fourth-order valence-corrected chi connectivity index (χ4v) is 3.92. The van der Waals surface area contributed by atoms with Crippen LogP contribution in [0.25, 0.3) is 0 Å². The highest BCUT2D eigenvalue weighted by molar-refractivity contribution is 14.0. The molecule has 2 aromatic rings. The third-order valence-electron chi connectivity index (χ3n) is 5.27. The smallest absolute Gasteiger partial charge is 0.252 e. The fraction of sp³-hybridized carbons (Fsp3) is 0.391. The number of carbonyl (C=O) groups is 1. The molecule has 2 aromatic carbocycles. The third-order valence-corrected chi connectivity index (χ3v) is 5.60. The summed E-state index contributed by atoms with van der Waals surface area (Å²) in [6.45, 7) is 4.06. The highest BCUT2D eigenvalue weighted by Gasteiger charge is 2.23. The molecule has 1 saturated heterocycles. The largest absolute Gasteiger partial charge is 0.355 e. The van der Waals surface area contributed by atoms with E-state index in [9.17, 15) is 4.79 Å². The number of likely N-dealkylation sites (tertiary alicyclic amines) is 1. The zero-order valence-corrected chi connectivity index (χ0v) is 20.9. The molecule has 3 N–H and O–H groups in total. The van der Waals surface area contributed by atoms with Crippen molar-refractivity contribution in [3.05, 3.63) is 70.7 Å². The number of hydrogen-bond donors (Lipinski definition) is 3. The summed E-state index contributed by atoms with van der Waals surface area (Å²) in [5, 5.41) is 10.0. The van der Waals surface area contributed by atoms with Gasteiger partial charge in [-0.3, -0.25) is 14.7 Å². The first-order chi connectivity index (χ1) is 14.7. The molecular weight excluding hydrogens is 525 g/mol. The first-order valence-corrected chi connectivity index (χ1v) is 10.8. The van der Waals surface area contributed by atoms with E-state index in [1.54, 1.807) is 31.3 Å². The summed E-state index contributed by atoms with van der Waals surface area (Å²) in [5.41, 5.74) is 1.80. The molecule has 1 atom stereocenters. The Hall–Kier alpha value is -1.84. The van der Waals surface area contributed by atoms with E-state index < -0.39 is 0 Å². The lowest BCUT2D eigenvalue weighted by atomic mass is 10.1. The Bertz CT molecular complexity index is 843. The summed E-state index contributed by atoms with van der Waals surface area (Å²) >= 11 is 6.07. The summed E-state index contributed by atoms with van der Waals surface area (Å²) in [6.07, 6.45) is 2.50. The third kappa shape index (κ3) is 7.66. The number of carbonyl (C=O) groups excluding carboxylic acids is 1. The van der Waals surface area contributed by atoms with E-state index in [2.05, 4.69) is 56.2 Å². The molecule has 6 nitrogen and oxygen atoms in total. The van der Waals surface area contributed by atoms with Crippen LogP contribution in [0, 0.1) is 0 Å². The van der Waals surface area contributed by atoms with E-state index in [0.29, 0.717) is 29.7 Å². The van der Waals surface area contributed by atoms with Crippen molar-refractivity contribution < 1.29 is 4.79 Å². The van der Waals surface area contributed by atoms with Gasteiger partial charge in [0.05, 0.1) is 16.6 Å². The maximum Gasteiger partial charge on any atom is 0.252 e. The van der Waals surface area contributed by atoms with Gasteiger partial charge >= 0.3 is 0 Å². The Morgan fingerprint density at radius 1 is 1.00 bits per heavy atom. The Morgan fingerprint density at radius 2 is 1.65 bits per heavy atom. The van der Waals surface area contributed by atoms with Gasteiger partial charge in [0, 0.05) is 26.7 Å². The standard InChI is InChI=1S/C23H30ClN5O.HI/c1-25-23(27-14-13-26-22(30)19-11-5-6-12-20(19)24)28-17-21(29-15-7-8-16-29)18-9-3-2-4-10-18;/h2-6,9-12,21H,7-8,13-17H2,1H3,(H,26,30)(H2,25,27,28);1H. The van der Waals surface area contributed by atoms with Gasteiger partial charge in [-0.1, -0.05) is 54.1 Å². The SMILES string of the molecule is CN=C(NCCNC(=O)c1ccccc1Cl)NCC(c1ccccc1)N1CCCC1.I. The van der Waals surface area contributed by atoms with Crippen molar-refractivity contribution in [3.8, 4) is 0 Å². The van der Waals surface area contributed by atoms with Crippen LogP contribution < -0.4 is 16.0 Å². The number of benzene rings is 2. The number of aliphatic imine (C=N–C) groups is 1. The Kier molecular flexibility index (Phi) is 11.1. The van der Waals surface area contributed by atoms with Crippen LogP contribution in [0.5, 0.6) is 0 Å². The number of rotatable bonds is 8. The number of hydrogen-bond acceptors (Lipinski definition) is 3. The molecule has 31 heavy (non-hydrogen) atoms. The molecule has 3 rings (SSSR count). The summed E-state index contributed by atoms with van der Waals surface area (Å²) in [6, 6.07) is 18.0. The van der Waals surface area contributed by atoms with Gasteiger partial charge in [0.2, 0.25) is 0 Å². The number of nitrogens with one attached hydrogen (secondary N) is 3. The summed E-state index contributed by atoms with van der Waals surface area (Å²) in [4.78, 5) is 19.1. The van der Waals surface area contributed by atoms with Crippen LogP contribution in [0.3, 0.4) is 0 Å². The van der Waals surface area contributed by atoms with Crippen LogP contribution in [0.2, 0.25) is 5.02 Å². The lowest BCUT2D eigenvalue weighted by Crippen LogP contribution is -2.44. The van der Waals surface area contributed by atoms with E-state index in [-0.39, 0.29) is 29.9 Å². The maximum absolute atomic E-state index is 12.2. The summed E-state index contributed by atoms with van der Waals surface area (Å²) in [5.74, 6) is 0.547. The van der Waals surface area contributed by atoms with Crippen molar-refractivity contribution in [2.24, 2.45) is 4.99 Å². The van der Waals surface area contributed by atoms with Gasteiger partial charge in [0.15, 0.2) is 5.96 Å². The minimum atomic E-state index is -0.177. The molecule has 0 saturated carbocycles. The van der Waals surface area contributed by atoms with Gasteiger partial charge in [-0.25, -0.2) is 0 Å². The summed E-state index contributed by atoms with van der Waals surface area (Å²) < 4.78 is 0. The molecule has 1 unspecified atom stereocenters. The number of guanidine groups is 1. The molecule has 1 fully saturated rings. The van der Waals surface area contributed by atoms with E-state index in [4.69, 9.17) is 11.6 Å². The van der Waals surface area contributed by atoms with Gasteiger partial charge in [-0.15, -0.1) is 24.0 Å². The van der Waals surface area contributed by atoms with Crippen molar-refractivity contribution in [1.82, 2.24) is 20.9 Å². The van der Waals surface area contributed by atoms with Crippen LogP contribution in [0.4, 0.5) is 0 Å². The van der Waals surface area contributed by atoms with Crippen molar-refractivity contribution in [2.45, 2.75) is 18.9 Å².